The molecule has 0 amide bonds. The van der Waals surface area contributed by atoms with Crippen LogP contribution in [0.2, 0.25) is 0 Å². The van der Waals surface area contributed by atoms with E-state index in [2.05, 4.69) is 35.7 Å². The van der Waals surface area contributed by atoms with Crippen molar-refractivity contribution in [2.75, 3.05) is 27.2 Å². The van der Waals surface area contributed by atoms with Gasteiger partial charge in [0.05, 0.1) is 0 Å². The smallest absolute Gasteiger partial charge is 0.196 e. The predicted molar refractivity (Wildman–Crippen MR) is 47.8 cm³/mol. The molecule has 0 aliphatic carbocycles. The Balaban J connectivity index is 2.70. The summed E-state index contributed by atoms with van der Waals surface area (Å²) in [5.74, 6) is 1.12. The van der Waals surface area contributed by atoms with Gasteiger partial charge in [0.15, 0.2) is 5.96 Å². The van der Waals surface area contributed by atoms with Gasteiger partial charge in [0.1, 0.15) is 0 Å². The lowest BCUT2D eigenvalue weighted by molar-refractivity contribution is 0.383. The average molecular weight is 155 g/mol. The van der Waals surface area contributed by atoms with Crippen LogP contribution < -0.4 is 0 Å². The molecule has 64 valence electrons. The molecule has 1 aliphatic rings. The van der Waals surface area contributed by atoms with Crippen LogP contribution in [0.3, 0.4) is 0 Å². The standard InChI is InChI=1S/C8H17N3/c1-7(2)11-6-5-10(4)8(11)9-3/h7H,5-6H2,1-4H3. The monoisotopic (exact) mass is 155 g/mol. The molecule has 3 heteroatoms. The number of guanidine groups is 1. The molecule has 0 atom stereocenters. The first-order chi connectivity index (χ1) is 5.16. The summed E-state index contributed by atoms with van der Waals surface area (Å²) in [6, 6.07) is 0.568. The Bertz CT molecular complexity index is 163. The summed E-state index contributed by atoms with van der Waals surface area (Å²) in [5.41, 5.74) is 0. The number of rotatable bonds is 1. The zero-order valence-corrected chi connectivity index (χ0v) is 7.83. The van der Waals surface area contributed by atoms with Crippen LogP contribution in [0.4, 0.5) is 0 Å². The fraction of sp³-hybridized carbons (Fsp3) is 0.875. The Labute approximate surface area is 68.7 Å². The maximum atomic E-state index is 4.24. The number of hydrogen-bond donors (Lipinski definition) is 0. The van der Waals surface area contributed by atoms with Crippen molar-refractivity contribution in [2.24, 2.45) is 4.99 Å². The quantitative estimate of drug-likeness (QED) is 0.553. The van der Waals surface area contributed by atoms with Gasteiger partial charge in [-0.05, 0) is 13.8 Å². The third-order valence-electron chi connectivity index (χ3n) is 2.10. The van der Waals surface area contributed by atoms with Crippen LogP contribution >= 0.6 is 0 Å². The van der Waals surface area contributed by atoms with Gasteiger partial charge in [0, 0.05) is 33.2 Å². The van der Waals surface area contributed by atoms with E-state index >= 15 is 0 Å². The first-order valence-corrected chi connectivity index (χ1v) is 4.11. The number of nitrogens with zero attached hydrogens (tertiary/aromatic N) is 3. The molecule has 0 radical (unpaired) electrons. The molecule has 1 fully saturated rings. The van der Waals surface area contributed by atoms with Crippen molar-refractivity contribution >= 4 is 5.96 Å². The lowest BCUT2D eigenvalue weighted by Crippen LogP contribution is -2.36. The highest BCUT2D eigenvalue weighted by Crippen LogP contribution is 2.09. The number of aliphatic imine (C=N–C) groups is 1. The molecular weight excluding hydrogens is 138 g/mol. The summed E-state index contributed by atoms with van der Waals surface area (Å²) in [6.07, 6.45) is 0. The first-order valence-electron chi connectivity index (χ1n) is 4.11. The normalized spacial score (nSPS) is 22.5. The van der Waals surface area contributed by atoms with Gasteiger partial charge in [-0.2, -0.15) is 0 Å². The van der Waals surface area contributed by atoms with Crippen LogP contribution in [-0.2, 0) is 0 Å². The molecule has 0 aromatic rings. The highest BCUT2D eigenvalue weighted by Gasteiger charge is 2.24. The van der Waals surface area contributed by atoms with Gasteiger partial charge in [-0.25, -0.2) is 0 Å². The molecular formula is C8H17N3. The van der Waals surface area contributed by atoms with Crippen molar-refractivity contribution in [3.8, 4) is 0 Å². The summed E-state index contributed by atoms with van der Waals surface area (Å²) in [7, 11) is 3.94. The second kappa shape index (κ2) is 3.11. The molecule has 1 saturated heterocycles. The van der Waals surface area contributed by atoms with E-state index in [4.69, 9.17) is 0 Å². The van der Waals surface area contributed by atoms with Crippen molar-refractivity contribution in [2.45, 2.75) is 19.9 Å². The van der Waals surface area contributed by atoms with Crippen LogP contribution in [0.25, 0.3) is 0 Å². The van der Waals surface area contributed by atoms with Gasteiger partial charge >= 0.3 is 0 Å². The van der Waals surface area contributed by atoms with Gasteiger partial charge < -0.3 is 9.80 Å². The molecule has 1 heterocycles. The lowest BCUT2D eigenvalue weighted by atomic mass is 10.3. The fourth-order valence-electron chi connectivity index (χ4n) is 1.47. The third kappa shape index (κ3) is 1.47. The number of likely N-dealkylation sites (N-methyl/N-ethyl adjacent to an activating group) is 1. The largest absolute Gasteiger partial charge is 0.344 e. The van der Waals surface area contributed by atoms with Gasteiger partial charge in [-0.3, -0.25) is 4.99 Å². The first kappa shape index (κ1) is 8.37. The van der Waals surface area contributed by atoms with Crippen molar-refractivity contribution in [1.82, 2.24) is 9.80 Å². The van der Waals surface area contributed by atoms with E-state index in [9.17, 15) is 0 Å². The summed E-state index contributed by atoms with van der Waals surface area (Å²) >= 11 is 0. The summed E-state index contributed by atoms with van der Waals surface area (Å²) in [6.45, 7) is 6.61. The zero-order valence-electron chi connectivity index (χ0n) is 7.83. The van der Waals surface area contributed by atoms with Crippen molar-refractivity contribution in [1.29, 1.82) is 0 Å². The maximum Gasteiger partial charge on any atom is 0.196 e. The van der Waals surface area contributed by atoms with Gasteiger partial charge in [-0.15, -0.1) is 0 Å². The molecule has 1 rings (SSSR count). The highest BCUT2D eigenvalue weighted by molar-refractivity contribution is 5.81. The molecule has 0 spiro atoms. The Morgan fingerprint density at radius 3 is 2.36 bits per heavy atom. The van der Waals surface area contributed by atoms with Crippen LogP contribution in [0.5, 0.6) is 0 Å². The number of hydrogen-bond acceptors (Lipinski definition) is 1. The van der Waals surface area contributed by atoms with Crippen LogP contribution in [-0.4, -0.2) is 49.0 Å². The van der Waals surface area contributed by atoms with E-state index in [0.29, 0.717) is 6.04 Å². The van der Waals surface area contributed by atoms with E-state index < -0.39 is 0 Å². The predicted octanol–water partition coefficient (Wildman–Crippen LogP) is 0.628. The molecule has 11 heavy (non-hydrogen) atoms. The minimum Gasteiger partial charge on any atom is -0.344 e. The van der Waals surface area contributed by atoms with E-state index in [-0.39, 0.29) is 0 Å². The molecule has 0 saturated carbocycles. The van der Waals surface area contributed by atoms with Gasteiger partial charge in [-0.1, -0.05) is 0 Å². The topological polar surface area (TPSA) is 18.8 Å². The van der Waals surface area contributed by atoms with Crippen molar-refractivity contribution in [3.05, 3.63) is 0 Å². The molecule has 0 aromatic carbocycles. The molecule has 0 unspecified atom stereocenters. The van der Waals surface area contributed by atoms with Crippen LogP contribution in [0, 0.1) is 0 Å². The Kier molecular flexibility index (Phi) is 2.37. The van der Waals surface area contributed by atoms with E-state index in [1.165, 1.54) is 0 Å². The molecule has 0 bridgehead atoms. The van der Waals surface area contributed by atoms with E-state index in [0.717, 1.165) is 19.0 Å². The van der Waals surface area contributed by atoms with Gasteiger partial charge in [0.25, 0.3) is 0 Å². The second-order valence-electron chi connectivity index (χ2n) is 3.23. The lowest BCUT2D eigenvalue weighted by Gasteiger charge is -2.23. The zero-order chi connectivity index (χ0) is 8.43. The summed E-state index contributed by atoms with van der Waals surface area (Å²) in [4.78, 5) is 8.75. The highest BCUT2D eigenvalue weighted by atomic mass is 15.4. The summed E-state index contributed by atoms with van der Waals surface area (Å²) in [5, 5.41) is 0. The van der Waals surface area contributed by atoms with E-state index in [1.54, 1.807) is 0 Å². The van der Waals surface area contributed by atoms with Gasteiger partial charge in [0.2, 0.25) is 0 Å². The van der Waals surface area contributed by atoms with Crippen LogP contribution in [0.1, 0.15) is 13.8 Å². The van der Waals surface area contributed by atoms with E-state index in [1.807, 2.05) is 7.05 Å². The minimum atomic E-state index is 0.568. The molecule has 0 aromatic heterocycles. The SMILES string of the molecule is CN=C1N(C)CCN1C(C)C. The van der Waals surface area contributed by atoms with Crippen molar-refractivity contribution in [3.63, 3.8) is 0 Å². The Hall–Kier alpha value is -0.730. The van der Waals surface area contributed by atoms with Crippen molar-refractivity contribution < 1.29 is 0 Å². The maximum absolute atomic E-state index is 4.24. The Morgan fingerprint density at radius 2 is 2.00 bits per heavy atom. The molecule has 0 N–H and O–H groups in total. The fourth-order valence-corrected chi connectivity index (χ4v) is 1.47. The second-order valence-corrected chi connectivity index (χ2v) is 3.23. The average Bonchev–Trinajstić information content (AvgIpc) is 2.30. The summed E-state index contributed by atoms with van der Waals surface area (Å²) < 4.78 is 0. The third-order valence-corrected chi connectivity index (χ3v) is 2.10. The molecule has 1 aliphatic heterocycles. The molecule has 3 nitrogen and oxygen atoms in total. The Morgan fingerprint density at radius 1 is 1.36 bits per heavy atom. The van der Waals surface area contributed by atoms with Crippen LogP contribution in [0.15, 0.2) is 4.99 Å². The minimum absolute atomic E-state index is 0.568.